The van der Waals surface area contributed by atoms with Crippen molar-refractivity contribution in [3.8, 4) is 0 Å². The number of hydrogen-bond donors (Lipinski definition) is 3. The fourth-order valence-electron chi connectivity index (χ4n) is 2.28. The van der Waals surface area contributed by atoms with Crippen LogP contribution in [-0.2, 0) is 9.47 Å². The third kappa shape index (κ3) is 6.60. The quantitative estimate of drug-likeness (QED) is 0.514. The van der Waals surface area contributed by atoms with Gasteiger partial charge in [0.2, 0.25) is 0 Å². The average Bonchev–Trinajstić information content (AvgIpc) is 2.78. The molecule has 3 unspecified atom stereocenters. The molecule has 0 aromatic heterocycles. The number of nitrogens with one attached hydrogen (secondary N) is 2. The Morgan fingerprint density at radius 3 is 2.95 bits per heavy atom. The van der Waals surface area contributed by atoms with Gasteiger partial charge >= 0.3 is 6.03 Å². The molecule has 0 saturated carbocycles. The van der Waals surface area contributed by atoms with E-state index in [1.165, 1.54) is 0 Å². The van der Waals surface area contributed by atoms with Gasteiger partial charge in [-0.3, -0.25) is 0 Å². The van der Waals surface area contributed by atoms with Crippen molar-refractivity contribution in [3.63, 3.8) is 0 Å². The number of rotatable bonds is 9. The van der Waals surface area contributed by atoms with Gasteiger partial charge in [0.1, 0.15) is 6.10 Å². The zero-order valence-corrected chi connectivity index (χ0v) is 13.3. The number of aliphatic hydroxyl groups excluding tert-OH is 1. The van der Waals surface area contributed by atoms with E-state index in [9.17, 15) is 9.90 Å². The summed E-state index contributed by atoms with van der Waals surface area (Å²) < 4.78 is 10.5. The Kier molecular flexibility index (Phi) is 8.60. The number of carbonyl (C=O) groups excluding carboxylic acids is 1. The first-order valence-corrected chi connectivity index (χ1v) is 7.60. The molecule has 1 aliphatic rings. The molecule has 1 saturated heterocycles. The van der Waals surface area contributed by atoms with E-state index in [0.717, 1.165) is 19.4 Å². The highest BCUT2D eigenvalue weighted by Gasteiger charge is 2.37. The normalized spacial score (nSPS) is 25.3. The average molecular weight is 303 g/mol. The third-order valence-corrected chi connectivity index (χ3v) is 3.58. The van der Waals surface area contributed by atoms with E-state index in [2.05, 4.69) is 22.5 Å². The van der Waals surface area contributed by atoms with Gasteiger partial charge in [0, 0.05) is 20.2 Å². The van der Waals surface area contributed by atoms with Crippen LogP contribution in [0.4, 0.5) is 4.79 Å². The van der Waals surface area contributed by atoms with Crippen molar-refractivity contribution in [2.75, 3.05) is 47.0 Å². The maximum atomic E-state index is 11.6. The van der Waals surface area contributed by atoms with Crippen molar-refractivity contribution in [1.82, 2.24) is 15.5 Å². The largest absolute Gasteiger partial charge is 0.388 e. The summed E-state index contributed by atoms with van der Waals surface area (Å²) in [4.78, 5) is 13.8. The van der Waals surface area contributed by atoms with Gasteiger partial charge < -0.3 is 30.1 Å². The molecule has 7 heteroatoms. The number of hydrogen-bond acceptors (Lipinski definition) is 5. The second kappa shape index (κ2) is 9.94. The number of methoxy groups -OCH3 is 1. The minimum absolute atomic E-state index is 0.254. The van der Waals surface area contributed by atoms with E-state index in [-0.39, 0.29) is 18.2 Å². The Hall–Kier alpha value is -0.890. The predicted molar refractivity (Wildman–Crippen MR) is 80.4 cm³/mol. The molecule has 2 amide bonds. The maximum absolute atomic E-state index is 11.6. The molecule has 1 heterocycles. The zero-order chi connectivity index (χ0) is 15.7. The first kappa shape index (κ1) is 18.2. The number of aliphatic hydroxyl groups is 1. The monoisotopic (exact) mass is 303 g/mol. The van der Waals surface area contributed by atoms with Crippen molar-refractivity contribution in [1.29, 1.82) is 0 Å². The Morgan fingerprint density at radius 1 is 1.52 bits per heavy atom. The summed E-state index contributed by atoms with van der Waals surface area (Å²) in [7, 11) is 3.59. The van der Waals surface area contributed by atoms with Crippen molar-refractivity contribution >= 4 is 6.03 Å². The Morgan fingerprint density at radius 2 is 2.29 bits per heavy atom. The van der Waals surface area contributed by atoms with Crippen LogP contribution in [0.2, 0.25) is 0 Å². The van der Waals surface area contributed by atoms with Crippen LogP contribution in [0.5, 0.6) is 0 Å². The van der Waals surface area contributed by atoms with Crippen LogP contribution in [0.3, 0.4) is 0 Å². The molecule has 124 valence electrons. The minimum atomic E-state index is -0.678. The highest BCUT2D eigenvalue weighted by Crippen LogP contribution is 2.15. The van der Waals surface area contributed by atoms with Gasteiger partial charge in [0.05, 0.1) is 25.4 Å². The third-order valence-electron chi connectivity index (χ3n) is 3.58. The lowest BCUT2D eigenvalue weighted by atomic mass is 10.1. The van der Waals surface area contributed by atoms with Crippen molar-refractivity contribution in [3.05, 3.63) is 0 Å². The molecule has 0 bridgehead atoms. The highest BCUT2D eigenvalue weighted by molar-refractivity contribution is 5.74. The molecule has 0 aromatic rings. The maximum Gasteiger partial charge on any atom is 0.315 e. The Labute approximate surface area is 127 Å². The zero-order valence-electron chi connectivity index (χ0n) is 13.3. The predicted octanol–water partition coefficient (Wildman–Crippen LogP) is -0.208. The van der Waals surface area contributed by atoms with Crippen LogP contribution in [0, 0.1) is 0 Å². The van der Waals surface area contributed by atoms with Crippen LogP contribution in [0.1, 0.15) is 19.8 Å². The Bertz CT molecular complexity index is 304. The van der Waals surface area contributed by atoms with E-state index >= 15 is 0 Å². The van der Waals surface area contributed by atoms with Gasteiger partial charge in [-0.2, -0.15) is 0 Å². The topological polar surface area (TPSA) is 83.1 Å². The molecule has 1 rings (SSSR count). The van der Waals surface area contributed by atoms with Gasteiger partial charge in [-0.15, -0.1) is 0 Å². The van der Waals surface area contributed by atoms with E-state index in [1.54, 1.807) is 7.11 Å². The summed E-state index contributed by atoms with van der Waals surface area (Å²) >= 11 is 0. The number of unbranched alkanes of at least 4 members (excludes halogenated alkanes) is 1. The standard InChI is InChI=1S/C14H29N3O4/c1-4-5-7-17(2)9-12-13(18)11(10-21-12)16-14(19)15-6-8-20-3/h11-13,18H,4-10H2,1-3H3,(H2,15,16,19). The lowest BCUT2D eigenvalue weighted by Crippen LogP contribution is -2.50. The van der Waals surface area contributed by atoms with Gasteiger partial charge in [-0.05, 0) is 20.0 Å². The number of amides is 2. The van der Waals surface area contributed by atoms with Crippen LogP contribution >= 0.6 is 0 Å². The van der Waals surface area contributed by atoms with Crippen molar-refractivity contribution < 1.29 is 19.4 Å². The number of carbonyl (C=O) groups is 1. The van der Waals surface area contributed by atoms with Crippen LogP contribution < -0.4 is 10.6 Å². The van der Waals surface area contributed by atoms with E-state index < -0.39 is 6.10 Å². The fourth-order valence-corrected chi connectivity index (χ4v) is 2.28. The smallest absolute Gasteiger partial charge is 0.315 e. The number of ether oxygens (including phenoxy) is 2. The second-order valence-corrected chi connectivity index (χ2v) is 5.48. The Balaban J connectivity index is 2.28. The first-order chi connectivity index (χ1) is 10.1. The SMILES string of the molecule is CCCCN(C)CC1OCC(NC(=O)NCCOC)C1O. The fraction of sp³-hybridized carbons (Fsp3) is 0.929. The van der Waals surface area contributed by atoms with E-state index in [0.29, 0.717) is 26.3 Å². The van der Waals surface area contributed by atoms with E-state index in [1.807, 2.05) is 7.05 Å². The summed E-state index contributed by atoms with van der Waals surface area (Å²) in [5, 5.41) is 15.6. The molecule has 21 heavy (non-hydrogen) atoms. The number of urea groups is 1. The lowest BCUT2D eigenvalue weighted by molar-refractivity contribution is 0.0201. The van der Waals surface area contributed by atoms with Gasteiger partial charge in [0.25, 0.3) is 0 Å². The summed E-state index contributed by atoms with van der Waals surface area (Å²) in [5.74, 6) is 0. The highest BCUT2D eigenvalue weighted by atomic mass is 16.5. The van der Waals surface area contributed by atoms with Gasteiger partial charge in [-0.1, -0.05) is 13.3 Å². The molecular formula is C14H29N3O4. The minimum Gasteiger partial charge on any atom is -0.388 e. The summed E-state index contributed by atoms with van der Waals surface area (Å²) in [6.07, 6.45) is 1.34. The number of nitrogens with zero attached hydrogens (tertiary/aromatic N) is 1. The van der Waals surface area contributed by atoms with Crippen molar-refractivity contribution in [2.45, 2.75) is 38.0 Å². The molecule has 0 aliphatic carbocycles. The summed E-state index contributed by atoms with van der Waals surface area (Å²) in [6, 6.07) is -0.670. The molecule has 0 spiro atoms. The van der Waals surface area contributed by atoms with E-state index in [4.69, 9.17) is 9.47 Å². The molecule has 1 fully saturated rings. The van der Waals surface area contributed by atoms with Crippen molar-refractivity contribution in [2.24, 2.45) is 0 Å². The molecule has 3 atom stereocenters. The first-order valence-electron chi connectivity index (χ1n) is 7.60. The van der Waals surface area contributed by atoms with Gasteiger partial charge in [-0.25, -0.2) is 4.79 Å². The summed E-state index contributed by atoms with van der Waals surface area (Å²) in [6.45, 7) is 5.04. The molecule has 0 aromatic carbocycles. The molecule has 1 aliphatic heterocycles. The van der Waals surface area contributed by atoms with Gasteiger partial charge in [0.15, 0.2) is 0 Å². The number of likely N-dealkylation sites (N-methyl/N-ethyl adjacent to an activating group) is 1. The summed E-state index contributed by atoms with van der Waals surface area (Å²) in [5.41, 5.74) is 0. The lowest BCUT2D eigenvalue weighted by Gasteiger charge is -2.23. The van der Waals surface area contributed by atoms with Crippen LogP contribution in [0.25, 0.3) is 0 Å². The molecule has 0 radical (unpaired) electrons. The molecular weight excluding hydrogens is 274 g/mol. The molecule has 3 N–H and O–H groups in total. The second-order valence-electron chi connectivity index (χ2n) is 5.48. The van der Waals surface area contributed by atoms with Crippen LogP contribution in [0.15, 0.2) is 0 Å². The molecule has 7 nitrogen and oxygen atoms in total. The van der Waals surface area contributed by atoms with Crippen LogP contribution in [-0.4, -0.2) is 81.3 Å².